The van der Waals surface area contributed by atoms with Gasteiger partial charge in [-0.1, -0.05) is 19.1 Å². The molecule has 0 spiro atoms. The average molecular weight is 443 g/mol. The number of benzene rings is 1. The van der Waals surface area contributed by atoms with Crippen molar-refractivity contribution in [2.75, 3.05) is 32.7 Å². The van der Waals surface area contributed by atoms with Gasteiger partial charge >= 0.3 is 0 Å². The summed E-state index contributed by atoms with van der Waals surface area (Å²) in [4.78, 5) is 20.8. The van der Waals surface area contributed by atoms with Crippen molar-refractivity contribution >= 4 is 27.5 Å². The van der Waals surface area contributed by atoms with E-state index in [-0.39, 0.29) is 24.2 Å². The Morgan fingerprint density at radius 2 is 2.06 bits per heavy atom. The predicted octanol–water partition coefficient (Wildman–Crippen LogP) is 1.82. The minimum absolute atomic E-state index is 0.0196. The molecule has 4 heterocycles. The van der Waals surface area contributed by atoms with Crippen molar-refractivity contribution in [3.05, 3.63) is 29.3 Å². The summed E-state index contributed by atoms with van der Waals surface area (Å²) in [7, 11) is 0. The normalized spacial score (nSPS) is 31.1. The summed E-state index contributed by atoms with van der Waals surface area (Å²) < 4.78 is 1.14. The van der Waals surface area contributed by atoms with Crippen LogP contribution in [0.15, 0.2) is 24.3 Å². The van der Waals surface area contributed by atoms with Gasteiger partial charge in [-0.05, 0) is 69.9 Å². The maximum atomic E-state index is 13.4. The Bertz CT molecular complexity index is 856. The molecule has 1 aromatic heterocycles. The topological polar surface area (TPSA) is 81.3 Å². The second-order valence-electron chi connectivity index (χ2n) is 9.11. The molecule has 5 rings (SSSR count). The number of hydrogen-bond donors (Lipinski definition) is 4. The van der Waals surface area contributed by atoms with E-state index < -0.39 is 0 Å². The van der Waals surface area contributed by atoms with Crippen LogP contribution < -0.4 is 21.3 Å². The summed E-state index contributed by atoms with van der Waals surface area (Å²) in [5.74, 6) is 0.255. The van der Waals surface area contributed by atoms with Crippen molar-refractivity contribution in [1.82, 2.24) is 31.2 Å². The molecule has 3 unspecified atom stereocenters. The third-order valence-corrected chi connectivity index (χ3v) is 8.23. The molecule has 1 amide bonds. The highest BCUT2D eigenvalue weighted by Gasteiger charge is 2.42. The Morgan fingerprint density at radius 3 is 2.81 bits per heavy atom. The number of amides is 1. The smallest absolute Gasteiger partial charge is 0.234 e. The zero-order valence-electron chi connectivity index (χ0n) is 18.3. The molecule has 168 valence electrons. The fraction of sp³-hybridized carbons (Fsp3) is 0.652. The number of para-hydroxylation sites is 1. The van der Waals surface area contributed by atoms with E-state index in [0.717, 1.165) is 67.2 Å². The standard InChI is InChI=1S/C23H34N6OS/c1-2-29-12-9-15(10-13-29)20-27-21(25-16-6-5-11-24-14-16)19(22(30)28-20)23-26-17-7-3-4-8-18(17)31-23/h3-4,7-8,15-16,19-21,24-25,27H,2,5-6,9-14H2,1H3,(H,28,30)/t16-,19?,20?,21?/m1/s1. The molecular formula is C23H34N6OS. The molecule has 31 heavy (non-hydrogen) atoms. The van der Waals surface area contributed by atoms with Gasteiger partial charge in [0.25, 0.3) is 0 Å². The molecule has 4 atom stereocenters. The number of fused-ring (bicyclic) bond motifs is 1. The number of rotatable bonds is 5. The fourth-order valence-corrected chi connectivity index (χ4v) is 6.36. The SMILES string of the molecule is CCN1CCC(C2NC(=O)C(c3nc4ccccc4s3)C(N[C@@H]3CCCNC3)N2)CC1. The molecule has 3 aliphatic rings. The molecule has 4 N–H and O–H groups in total. The van der Waals surface area contributed by atoms with Gasteiger partial charge in [-0.3, -0.25) is 15.4 Å². The molecule has 7 nitrogen and oxygen atoms in total. The lowest BCUT2D eigenvalue weighted by Gasteiger charge is -2.44. The predicted molar refractivity (Wildman–Crippen MR) is 125 cm³/mol. The van der Waals surface area contributed by atoms with E-state index in [1.165, 1.54) is 6.42 Å². The van der Waals surface area contributed by atoms with Gasteiger partial charge in [0.2, 0.25) is 5.91 Å². The summed E-state index contributed by atoms with van der Waals surface area (Å²) in [5.41, 5.74) is 0.974. The molecule has 2 aromatic rings. The molecule has 8 heteroatoms. The van der Waals surface area contributed by atoms with Crippen molar-refractivity contribution in [3.8, 4) is 0 Å². The summed E-state index contributed by atoms with van der Waals surface area (Å²) >= 11 is 1.64. The van der Waals surface area contributed by atoms with E-state index in [4.69, 9.17) is 4.98 Å². The number of piperidine rings is 2. The lowest BCUT2D eigenvalue weighted by Crippen LogP contribution is -2.69. The van der Waals surface area contributed by atoms with E-state index in [2.05, 4.69) is 39.2 Å². The lowest BCUT2D eigenvalue weighted by molar-refractivity contribution is -0.128. The van der Waals surface area contributed by atoms with Crippen LogP contribution >= 0.6 is 11.3 Å². The van der Waals surface area contributed by atoms with E-state index in [0.29, 0.717) is 12.0 Å². The van der Waals surface area contributed by atoms with Crippen molar-refractivity contribution in [2.24, 2.45) is 5.92 Å². The monoisotopic (exact) mass is 442 g/mol. The highest BCUT2D eigenvalue weighted by molar-refractivity contribution is 7.18. The van der Waals surface area contributed by atoms with E-state index in [9.17, 15) is 4.79 Å². The number of nitrogens with one attached hydrogen (secondary N) is 4. The van der Waals surface area contributed by atoms with Crippen molar-refractivity contribution in [3.63, 3.8) is 0 Å². The summed E-state index contributed by atoms with van der Waals surface area (Å²) in [5, 5.41) is 15.3. The highest BCUT2D eigenvalue weighted by Crippen LogP contribution is 2.32. The van der Waals surface area contributed by atoms with Crippen LogP contribution in [0.25, 0.3) is 10.2 Å². The number of carbonyl (C=O) groups excluding carboxylic acids is 1. The van der Waals surface area contributed by atoms with Crippen LogP contribution in [0.2, 0.25) is 0 Å². The van der Waals surface area contributed by atoms with Crippen LogP contribution in [0, 0.1) is 5.92 Å². The Kier molecular flexibility index (Phi) is 6.52. The Labute approximate surface area is 188 Å². The third kappa shape index (κ3) is 4.64. The quantitative estimate of drug-likeness (QED) is 0.566. The first-order chi connectivity index (χ1) is 15.2. The first-order valence-corrected chi connectivity index (χ1v) is 12.6. The van der Waals surface area contributed by atoms with Gasteiger partial charge in [-0.2, -0.15) is 0 Å². The van der Waals surface area contributed by atoms with Crippen LogP contribution in [0.4, 0.5) is 0 Å². The minimum Gasteiger partial charge on any atom is -0.340 e. The van der Waals surface area contributed by atoms with Gasteiger partial charge < -0.3 is 15.5 Å². The van der Waals surface area contributed by atoms with Crippen molar-refractivity contribution in [1.29, 1.82) is 0 Å². The van der Waals surface area contributed by atoms with E-state index in [1.807, 2.05) is 18.2 Å². The molecule has 1 aromatic carbocycles. The zero-order chi connectivity index (χ0) is 21.2. The minimum atomic E-state index is -0.314. The van der Waals surface area contributed by atoms with Crippen LogP contribution in [0.1, 0.15) is 43.5 Å². The molecule has 0 aliphatic carbocycles. The largest absolute Gasteiger partial charge is 0.340 e. The molecular weight excluding hydrogens is 408 g/mol. The number of aromatic nitrogens is 1. The van der Waals surface area contributed by atoms with Crippen LogP contribution in [-0.4, -0.2) is 66.9 Å². The third-order valence-electron chi connectivity index (χ3n) is 7.11. The number of carbonyl (C=O) groups is 1. The summed E-state index contributed by atoms with van der Waals surface area (Å²) in [6, 6.07) is 8.53. The molecule has 3 aliphatic heterocycles. The average Bonchev–Trinajstić information content (AvgIpc) is 3.23. The van der Waals surface area contributed by atoms with Gasteiger partial charge in [-0.25, -0.2) is 4.98 Å². The van der Waals surface area contributed by atoms with Crippen molar-refractivity contribution < 1.29 is 4.79 Å². The number of hydrogen-bond acceptors (Lipinski definition) is 7. The highest BCUT2D eigenvalue weighted by atomic mass is 32.1. The first kappa shape index (κ1) is 21.3. The molecule has 0 radical (unpaired) electrons. The molecule has 3 fully saturated rings. The molecule has 0 bridgehead atoms. The second kappa shape index (κ2) is 9.50. The van der Waals surface area contributed by atoms with Gasteiger partial charge in [0, 0.05) is 12.6 Å². The maximum absolute atomic E-state index is 13.4. The summed E-state index contributed by atoms with van der Waals surface area (Å²) in [6.07, 6.45) is 4.46. The molecule has 3 saturated heterocycles. The van der Waals surface area contributed by atoms with Gasteiger partial charge in [0.1, 0.15) is 10.9 Å². The molecule has 0 saturated carbocycles. The maximum Gasteiger partial charge on any atom is 0.234 e. The van der Waals surface area contributed by atoms with Crippen LogP contribution in [-0.2, 0) is 4.79 Å². The van der Waals surface area contributed by atoms with E-state index in [1.54, 1.807) is 11.3 Å². The van der Waals surface area contributed by atoms with E-state index >= 15 is 0 Å². The van der Waals surface area contributed by atoms with Crippen molar-refractivity contribution in [2.45, 2.75) is 56.9 Å². The summed E-state index contributed by atoms with van der Waals surface area (Å²) in [6.45, 7) is 7.59. The number of likely N-dealkylation sites (tertiary alicyclic amines) is 1. The second-order valence-corrected chi connectivity index (χ2v) is 10.2. The zero-order valence-corrected chi connectivity index (χ0v) is 19.1. The Morgan fingerprint density at radius 1 is 1.23 bits per heavy atom. The Hall–Kier alpha value is -1.58. The fourth-order valence-electron chi connectivity index (χ4n) is 5.25. The van der Waals surface area contributed by atoms with Crippen LogP contribution in [0.5, 0.6) is 0 Å². The first-order valence-electron chi connectivity index (χ1n) is 11.8. The number of thiazole rings is 1. The Balaban J connectivity index is 1.37. The van der Waals surface area contributed by atoms with Crippen LogP contribution in [0.3, 0.4) is 0 Å². The van der Waals surface area contributed by atoms with Gasteiger partial charge in [0.05, 0.1) is 22.5 Å². The lowest BCUT2D eigenvalue weighted by atomic mass is 9.90. The number of nitrogens with zero attached hydrogens (tertiary/aromatic N) is 2. The van der Waals surface area contributed by atoms with Gasteiger partial charge in [-0.15, -0.1) is 11.3 Å². The van der Waals surface area contributed by atoms with Gasteiger partial charge in [0.15, 0.2) is 0 Å².